The van der Waals surface area contributed by atoms with Crippen molar-refractivity contribution in [1.82, 2.24) is 24.9 Å². The Labute approximate surface area is 230 Å². The number of aromatic nitrogens is 5. The number of carboxylic acids is 1. The highest BCUT2D eigenvalue weighted by Crippen LogP contribution is 2.31. The number of alkyl halides is 3. The van der Waals surface area contributed by atoms with Gasteiger partial charge in [0.25, 0.3) is 0 Å². The molecule has 3 N–H and O–H groups in total. The van der Waals surface area contributed by atoms with Gasteiger partial charge in [-0.1, -0.05) is 18.5 Å². The van der Waals surface area contributed by atoms with Gasteiger partial charge in [-0.25, -0.2) is 14.8 Å². The molecule has 1 unspecified atom stereocenters. The molecule has 0 aliphatic carbocycles. The predicted octanol–water partition coefficient (Wildman–Crippen LogP) is 4.35. The lowest BCUT2D eigenvalue weighted by Gasteiger charge is -2.33. The van der Waals surface area contributed by atoms with Gasteiger partial charge in [0.2, 0.25) is 11.9 Å². The van der Waals surface area contributed by atoms with E-state index in [1.165, 1.54) is 11.3 Å². The number of halogens is 4. The van der Waals surface area contributed by atoms with E-state index < -0.39 is 12.1 Å². The van der Waals surface area contributed by atoms with Crippen molar-refractivity contribution in [2.24, 2.45) is 5.92 Å². The van der Waals surface area contributed by atoms with Crippen LogP contribution in [0.2, 0.25) is 5.02 Å². The van der Waals surface area contributed by atoms with Crippen LogP contribution in [-0.4, -0.2) is 61.2 Å². The largest absolute Gasteiger partial charge is 0.490 e. The SMILES string of the molecule is CCc1nccnc1CNc1nc(C)c(Cl)c(N2CCCC(C(=O)Nc3nccs3)C2)n1.O=C(O)C(F)(F)F. The van der Waals surface area contributed by atoms with Crippen molar-refractivity contribution in [1.29, 1.82) is 0 Å². The molecule has 1 amide bonds. The molecule has 210 valence electrons. The van der Waals surface area contributed by atoms with Crippen molar-refractivity contribution in [2.75, 3.05) is 28.6 Å². The van der Waals surface area contributed by atoms with E-state index in [0.717, 1.165) is 37.2 Å². The van der Waals surface area contributed by atoms with Crippen LogP contribution in [0.5, 0.6) is 0 Å². The van der Waals surface area contributed by atoms with Crippen molar-refractivity contribution >= 4 is 51.7 Å². The Morgan fingerprint density at radius 1 is 1.18 bits per heavy atom. The number of aliphatic carboxylic acids is 1. The fourth-order valence-corrected chi connectivity index (χ4v) is 4.45. The van der Waals surface area contributed by atoms with Crippen LogP contribution in [0, 0.1) is 12.8 Å². The predicted molar refractivity (Wildman–Crippen MR) is 140 cm³/mol. The highest BCUT2D eigenvalue weighted by Gasteiger charge is 2.38. The van der Waals surface area contributed by atoms with Crippen LogP contribution in [0.15, 0.2) is 24.0 Å². The zero-order valence-electron chi connectivity index (χ0n) is 21.0. The third-order valence-corrected chi connectivity index (χ3v) is 6.74. The van der Waals surface area contributed by atoms with Gasteiger partial charge in [-0.05, 0) is 26.2 Å². The molecular weight excluding hydrogens is 561 g/mol. The number of nitrogens with zero attached hydrogens (tertiary/aromatic N) is 6. The molecule has 0 spiro atoms. The second-order valence-corrected chi connectivity index (χ2v) is 9.61. The third kappa shape index (κ3) is 8.45. The number of nitrogens with one attached hydrogen (secondary N) is 2. The first-order valence-electron chi connectivity index (χ1n) is 11.8. The second-order valence-electron chi connectivity index (χ2n) is 8.34. The summed E-state index contributed by atoms with van der Waals surface area (Å²) >= 11 is 7.99. The Bertz CT molecular complexity index is 1280. The lowest BCUT2D eigenvalue weighted by Crippen LogP contribution is -2.41. The summed E-state index contributed by atoms with van der Waals surface area (Å²) in [5.41, 5.74) is 2.49. The lowest BCUT2D eigenvalue weighted by atomic mass is 9.97. The normalized spacial score (nSPS) is 15.2. The molecule has 0 radical (unpaired) electrons. The summed E-state index contributed by atoms with van der Waals surface area (Å²) in [5, 5.41) is 16.2. The molecule has 0 bridgehead atoms. The minimum atomic E-state index is -5.08. The number of rotatable bonds is 7. The second kappa shape index (κ2) is 13.5. The van der Waals surface area contributed by atoms with Crippen LogP contribution in [0.25, 0.3) is 0 Å². The summed E-state index contributed by atoms with van der Waals surface area (Å²) in [6, 6.07) is 0. The molecule has 4 rings (SSSR count). The number of carbonyl (C=O) groups is 2. The van der Waals surface area contributed by atoms with E-state index in [-0.39, 0.29) is 11.8 Å². The van der Waals surface area contributed by atoms with Gasteiger partial charge in [0.1, 0.15) is 5.02 Å². The summed E-state index contributed by atoms with van der Waals surface area (Å²) in [6.45, 7) is 5.69. The quantitative estimate of drug-likeness (QED) is 0.365. The molecule has 11 nitrogen and oxygen atoms in total. The van der Waals surface area contributed by atoms with E-state index >= 15 is 0 Å². The fraction of sp³-hybridized carbons (Fsp3) is 0.435. The molecule has 3 aromatic heterocycles. The first-order chi connectivity index (χ1) is 18.5. The molecule has 0 saturated carbocycles. The van der Waals surface area contributed by atoms with Gasteiger partial charge in [-0.15, -0.1) is 11.3 Å². The van der Waals surface area contributed by atoms with Crippen LogP contribution in [0.3, 0.4) is 0 Å². The van der Waals surface area contributed by atoms with Crippen LogP contribution in [0.1, 0.15) is 36.8 Å². The maximum absolute atomic E-state index is 12.7. The standard InChI is InChI=1S/C21H25ClN8OS.C2HF3O2/c1-3-15-16(24-7-6-23-15)11-26-20-27-13(2)17(22)18(28-20)30-9-4-5-14(12-30)19(31)29-21-25-8-10-32-21;3-2(4,5)1(6)7/h6-8,10,14H,3-5,9,11-12H2,1-2H3,(H,25,29,31)(H,26,27,28);(H,6,7). The van der Waals surface area contributed by atoms with E-state index in [4.69, 9.17) is 21.5 Å². The molecule has 0 aromatic carbocycles. The van der Waals surface area contributed by atoms with Gasteiger partial charge in [0, 0.05) is 37.1 Å². The summed E-state index contributed by atoms with van der Waals surface area (Å²) in [7, 11) is 0. The highest BCUT2D eigenvalue weighted by molar-refractivity contribution is 7.13. The Balaban J connectivity index is 0.000000532. The summed E-state index contributed by atoms with van der Waals surface area (Å²) in [6.07, 6.45) is 2.45. The molecule has 4 heterocycles. The van der Waals surface area contributed by atoms with Crippen LogP contribution in [0.4, 0.5) is 30.1 Å². The molecule has 3 aromatic rings. The maximum atomic E-state index is 12.7. The number of hydrogen-bond acceptors (Lipinski definition) is 10. The monoisotopic (exact) mass is 586 g/mol. The van der Waals surface area contributed by atoms with Crippen molar-refractivity contribution in [3.8, 4) is 0 Å². The Kier molecular flexibility index (Phi) is 10.3. The molecule has 1 atom stereocenters. The minimum Gasteiger partial charge on any atom is -0.475 e. The summed E-state index contributed by atoms with van der Waals surface area (Å²) in [5.74, 6) is -1.83. The van der Waals surface area contributed by atoms with E-state index in [1.54, 1.807) is 18.6 Å². The van der Waals surface area contributed by atoms with Crippen molar-refractivity contribution in [3.63, 3.8) is 0 Å². The fourth-order valence-electron chi connectivity index (χ4n) is 3.71. The minimum absolute atomic E-state index is 0.0281. The summed E-state index contributed by atoms with van der Waals surface area (Å²) < 4.78 is 31.7. The average molecular weight is 587 g/mol. The van der Waals surface area contributed by atoms with Gasteiger partial charge in [0.15, 0.2) is 10.9 Å². The number of aryl methyl sites for hydroxylation is 2. The number of thiazole rings is 1. The van der Waals surface area contributed by atoms with Gasteiger partial charge >= 0.3 is 12.1 Å². The van der Waals surface area contributed by atoms with Crippen LogP contribution < -0.4 is 15.5 Å². The smallest absolute Gasteiger partial charge is 0.475 e. The molecule has 1 aliphatic heterocycles. The number of anilines is 3. The van der Waals surface area contributed by atoms with E-state index in [0.29, 0.717) is 40.7 Å². The molecule has 16 heteroatoms. The number of hydrogen-bond donors (Lipinski definition) is 3. The number of piperidine rings is 1. The highest BCUT2D eigenvalue weighted by atomic mass is 35.5. The summed E-state index contributed by atoms with van der Waals surface area (Å²) in [4.78, 5) is 45.8. The van der Waals surface area contributed by atoms with E-state index in [2.05, 4.69) is 40.5 Å². The number of amides is 1. The topological polar surface area (TPSA) is 146 Å². The number of carboxylic acid groups (broad SMARTS) is 1. The zero-order valence-corrected chi connectivity index (χ0v) is 22.6. The molecular formula is C23H26ClF3N8O3S. The van der Waals surface area contributed by atoms with Gasteiger partial charge in [-0.3, -0.25) is 14.8 Å². The first-order valence-corrected chi connectivity index (χ1v) is 13.1. The van der Waals surface area contributed by atoms with E-state index in [9.17, 15) is 18.0 Å². The molecule has 1 fully saturated rings. The van der Waals surface area contributed by atoms with Gasteiger partial charge in [-0.2, -0.15) is 18.2 Å². The Hall–Kier alpha value is -3.59. The van der Waals surface area contributed by atoms with Crippen molar-refractivity contribution in [3.05, 3.63) is 46.1 Å². The maximum Gasteiger partial charge on any atom is 0.490 e. The third-order valence-electron chi connectivity index (χ3n) is 5.61. The Morgan fingerprint density at radius 3 is 2.49 bits per heavy atom. The zero-order chi connectivity index (χ0) is 28.6. The van der Waals surface area contributed by atoms with Crippen LogP contribution >= 0.6 is 22.9 Å². The molecule has 1 aliphatic rings. The lowest BCUT2D eigenvalue weighted by molar-refractivity contribution is -0.192. The molecule has 39 heavy (non-hydrogen) atoms. The van der Waals surface area contributed by atoms with Gasteiger partial charge in [0.05, 0.1) is 29.5 Å². The van der Waals surface area contributed by atoms with Crippen molar-refractivity contribution in [2.45, 2.75) is 45.8 Å². The Morgan fingerprint density at radius 2 is 1.87 bits per heavy atom. The van der Waals surface area contributed by atoms with Crippen LogP contribution in [-0.2, 0) is 22.6 Å². The van der Waals surface area contributed by atoms with Crippen molar-refractivity contribution < 1.29 is 27.9 Å². The van der Waals surface area contributed by atoms with E-state index in [1.807, 2.05) is 19.2 Å². The van der Waals surface area contributed by atoms with Gasteiger partial charge < -0.3 is 20.6 Å². The average Bonchev–Trinajstić information content (AvgIpc) is 3.42. The first kappa shape index (κ1) is 30.0. The number of carbonyl (C=O) groups excluding carboxylic acids is 1. The molecule has 1 saturated heterocycles.